The van der Waals surface area contributed by atoms with E-state index in [0.29, 0.717) is 16.8 Å². The normalized spacial score (nSPS) is 12.9. The Hall–Kier alpha value is -2.07. The van der Waals surface area contributed by atoms with Crippen LogP contribution in [0.1, 0.15) is 41.5 Å². The van der Waals surface area contributed by atoms with Gasteiger partial charge in [-0.2, -0.15) is 15.0 Å². The SMILES string of the molecule is COc1cc(OC)nc(SC(C(=O)N(N)C(=O)OC(C)(C)C)C(C)(C)C)n1. The number of hydrogen-bond donors (Lipinski definition) is 1. The minimum Gasteiger partial charge on any atom is -0.481 e. The number of rotatable bonds is 5. The van der Waals surface area contributed by atoms with E-state index in [9.17, 15) is 9.59 Å². The molecule has 152 valence electrons. The zero-order chi connectivity index (χ0) is 21.0. The summed E-state index contributed by atoms with van der Waals surface area (Å²) in [5, 5.41) is -0.00476. The fraction of sp³-hybridized carbons (Fsp3) is 0.647. The number of carbonyl (C=O) groups excluding carboxylic acids is 2. The van der Waals surface area contributed by atoms with Gasteiger partial charge in [0.05, 0.1) is 25.5 Å². The molecule has 1 atom stereocenters. The molecule has 0 aliphatic carbocycles. The summed E-state index contributed by atoms with van der Waals surface area (Å²) >= 11 is 1.07. The lowest BCUT2D eigenvalue weighted by Crippen LogP contribution is -2.51. The highest BCUT2D eigenvalue weighted by Crippen LogP contribution is 2.36. The van der Waals surface area contributed by atoms with Crippen molar-refractivity contribution >= 4 is 23.8 Å². The molecule has 1 aromatic rings. The van der Waals surface area contributed by atoms with Crippen molar-refractivity contribution in [1.29, 1.82) is 0 Å². The number of hydrogen-bond acceptors (Lipinski definition) is 9. The van der Waals surface area contributed by atoms with Crippen LogP contribution in [-0.2, 0) is 9.53 Å². The molecule has 0 saturated carbocycles. The number of imide groups is 1. The lowest BCUT2D eigenvalue weighted by atomic mass is 9.91. The molecule has 0 fully saturated rings. The number of nitrogens with two attached hydrogens (primary N) is 1. The largest absolute Gasteiger partial charge is 0.481 e. The minimum atomic E-state index is -0.925. The Kier molecular flexibility index (Phi) is 7.44. The molecule has 1 unspecified atom stereocenters. The quantitative estimate of drug-likeness (QED) is 0.262. The number of aromatic nitrogens is 2. The van der Waals surface area contributed by atoms with Crippen LogP contribution in [0.25, 0.3) is 0 Å². The monoisotopic (exact) mass is 400 g/mol. The molecule has 1 aromatic heterocycles. The minimum absolute atomic E-state index is 0.261. The molecule has 2 N–H and O–H groups in total. The molecule has 0 aliphatic heterocycles. The first-order valence-electron chi connectivity index (χ1n) is 8.24. The summed E-state index contributed by atoms with van der Waals surface area (Å²) in [6.45, 7) is 10.6. The predicted octanol–water partition coefficient (Wildman–Crippen LogP) is 2.64. The van der Waals surface area contributed by atoms with Gasteiger partial charge in [0.15, 0.2) is 5.16 Å². The highest BCUT2D eigenvalue weighted by Gasteiger charge is 2.39. The van der Waals surface area contributed by atoms with Crippen LogP contribution in [0.4, 0.5) is 4.79 Å². The summed E-state index contributed by atoms with van der Waals surface area (Å²) in [6.07, 6.45) is -0.925. The highest BCUT2D eigenvalue weighted by molar-refractivity contribution is 8.00. The van der Waals surface area contributed by atoms with Gasteiger partial charge in [-0.15, -0.1) is 0 Å². The third-order valence-corrected chi connectivity index (χ3v) is 4.68. The maximum absolute atomic E-state index is 12.9. The number of ether oxygens (including phenoxy) is 3. The second-order valence-electron chi connectivity index (χ2n) is 7.79. The van der Waals surface area contributed by atoms with Gasteiger partial charge < -0.3 is 14.2 Å². The highest BCUT2D eigenvalue weighted by atomic mass is 32.2. The fourth-order valence-corrected chi connectivity index (χ4v) is 2.94. The Bertz CT molecular complexity index is 663. The van der Waals surface area contributed by atoms with E-state index in [1.165, 1.54) is 20.3 Å². The van der Waals surface area contributed by atoms with Gasteiger partial charge in [0.25, 0.3) is 5.91 Å². The van der Waals surface area contributed by atoms with Crippen molar-refractivity contribution in [3.8, 4) is 11.8 Å². The number of hydrazine groups is 1. The van der Waals surface area contributed by atoms with Crippen LogP contribution in [0.15, 0.2) is 11.2 Å². The Morgan fingerprint density at radius 3 is 1.93 bits per heavy atom. The first kappa shape index (κ1) is 23.0. The third-order valence-electron chi connectivity index (χ3n) is 3.14. The molecule has 0 aromatic carbocycles. The Morgan fingerprint density at radius 1 is 1.07 bits per heavy atom. The summed E-state index contributed by atoms with van der Waals surface area (Å²) in [6, 6.07) is 1.52. The number of nitrogens with zero attached hydrogens (tertiary/aromatic N) is 3. The van der Waals surface area contributed by atoms with Gasteiger partial charge in [0.1, 0.15) is 5.60 Å². The van der Waals surface area contributed by atoms with E-state index in [1.54, 1.807) is 20.8 Å². The molecule has 1 heterocycles. The van der Waals surface area contributed by atoms with Crippen LogP contribution in [0.2, 0.25) is 0 Å². The summed E-state index contributed by atoms with van der Waals surface area (Å²) in [5.74, 6) is 5.70. The van der Waals surface area contributed by atoms with E-state index in [1.807, 2.05) is 20.8 Å². The van der Waals surface area contributed by atoms with Gasteiger partial charge in [-0.3, -0.25) is 4.79 Å². The van der Waals surface area contributed by atoms with Gasteiger partial charge >= 0.3 is 6.09 Å². The molecule has 0 saturated heterocycles. The molecule has 1 rings (SSSR count). The molecule has 0 bridgehead atoms. The van der Waals surface area contributed by atoms with Crippen molar-refractivity contribution in [2.24, 2.45) is 11.3 Å². The van der Waals surface area contributed by atoms with Gasteiger partial charge in [0, 0.05) is 0 Å². The van der Waals surface area contributed by atoms with Gasteiger partial charge in [-0.1, -0.05) is 32.5 Å². The van der Waals surface area contributed by atoms with Crippen LogP contribution in [0, 0.1) is 5.41 Å². The van der Waals surface area contributed by atoms with Crippen LogP contribution >= 0.6 is 11.8 Å². The third kappa shape index (κ3) is 6.87. The van der Waals surface area contributed by atoms with E-state index in [4.69, 9.17) is 20.1 Å². The molecule has 0 radical (unpaired) electrons. The molecule has 2 amide bonds. The summed E-state index contributed by atoms with van der Waals surface area (Å²) in [5.41, 5.74) is -1.33. The van der Waals surface area contributed by atoms with E-state index in [-0.39, 0.29) is 5.16 Å². The average molecular weight is 401 g/mol. The zero-order valence-electron chi connectivity index (χ0n) is 17.0. The Labute approximate surface area is 163 Å². The average Bonchev–Trinajstić information content (AvgIpc) is 2.55. The summed E-state index contributed by atoms with van der Waals surface area (Å²) in [7, 11) is 2.93. The maximum Gasteiger partial charge on any atom is 0.431 e. The predicted molar refractivity (Wildman–Crippen MR) is 102 cm³/mol. The molecule has 27 heavy (non-hydrogen) atoms. The number of amides is 2. The van der Waals surface area contributed by atoms with Crippen molar-refractivity contribution in [3.05, 3.63) is 6.07 Å². The smallest absolute Gasteiger partial charge is 0.431 e. The number of methoxy groups -OCH3 is 2. The van der Waals surface area contributed by atoms with Crippen LogP contribution in [0.5, 0.6) is 11.8 Å². The molecule has 0 aliphatic rings. The second kappa shape index (κ2) is 8.75. The van der Waals surface area contributed by atoms with E-state index in [0.717, 1.165) is 11.8 Å². The van der Waals surface area contributed by atoms with Crippen molar-refractivity contribution in [3.63, 3.8) is 0 Å². The van der Waals surface area contributed by atoms with Crippen molar-refractivity contribution in [2.75, 3.05) is 14.2 Å². The summed E-state index contributed by atoms with van der Waals surface area (Å²) in [4.78, 5) is 33.5. The fourth-order valence-electron chi connectivity index (χ4n) is 1.88. The lowest BCUT2D eigenvalue weighted by molar-refractivity contribution is -0.131. The molecule has 10 heteroatoms. The molecule has 0 spiro atoms. The Balaban J connectivity index is 3.13. The van der Waals surface area contributed by atoms with E-state index < -0.39 is 28.3 Å². The second-order valence-corrected chi connectivity index (χ2v) is 8.86. The van der Waals surface area contributed by atoms with Gasteiger partial charge in [-0.25, -0.2) is 10.6 Å². The van der Waals surface area contributed by atoms with Crippen molar-refractivity contribution < 1.29 is 23.8 Å². The van der Waals surface area contributed by atoms with E-state index >= 15 is 0 Å². The molecular weight excluding hydrogens is 372 g/mol. The zero-order valence-corrected chi connectivity index (χ0v) is 17.8. The van der Waals surface area contributed by atoms with Crippen LogP contribution < -0.4 is 15.3 Å². The van der Waals surface area contributed by atoms with Crippen molar-refractivity contribution in [1.82, 2.24) is 15.0 Å². The van der Waals surface area contributed by atoms with Crippen molar-refractivity contribution in [2.45, 2.75) is 57.5 Å². The Morgan fingerprint density at radius 2 is 1.56 bits per heavy atom. The standard InChI is InChI=1S/C17H28N4O5S/c1-16(2,3)12(13(22)21(18)15(23)26-17(4,5)6)27-14-19-10(24-7)9-11(20-14)25-8/h9,12H,18H2,1-8H3. The number of carbonyl (C=O) groups is 2. The first-order chi connectivity index (χ1) is 12.3. The summed E-state index contributed by atoms with van der Waals surface area (Å²) < 4.78 is 15.4. The van der Waals surface area contributed by atoms with Gasteiger partial charge in [-0.05, 0) is 26.2 Å². The topological polar surface area (TPSA) is 117 Å². The van der Waals surface area contributed by atoms with Crippen LogP contribution in [0.3, 0.4) is 0 Å². The van der Waals surface area contributed by atoms with Crippen LogP contribution in [-0.4, -0.2) is 52.0 Å². The molecule has 9 nitrogen and oxygen atoms in total. The maximum atomic E-state index is 12.9. The van der Waals surface area contributed by atoms with Gasteiger partial charge in [0.2, 0.25) is 11.8 Å². The number of thioether (sulfide) groups is 1. The lowest BCUT2D eigenvalue weighted by Gasteiger charge is -2.31. The first-order valence-corrected chi connectivity index (χ1v) is 9.12. The molecular formula is C17H28N4O5S. The van der Waals surface area contributed by atoms with E-state index in [2.05, 4.69) is 9.97 Å².